The molecule has 1 amide bonds. The molecule has 0 N–H and O–H groups in total. The fraction of sp³-hybridized carbons (Fsp3) is 0.476. The number of amides is 1. The van der Waals surface area contributed by atoms with Crippen molar-refractivity contribution in [3.05, 3.63) is 46.3 Å². The number of likely N-dealkylation sites (tertiary alicyclic amines) is 1. The quantitative estimate of drug-likeness (QED) is 0.648. The SMILES string of the molecule is Cc1cc(C(=O)N2CCCC3(CCc4cnc(C)nc43)C2)c2c(C)noc2n1. The van der Waals surface area contributed by atoms with E-state index in [2.05, 4.69) is 15.1 Å². The normalized spacial score (nSPS) is 21.5. The van der Waals surface area contributed by atoms with Crippen molar-refractivity contribution in [1.29, 1.82) is 0 Å². The summed E-state index contributed by atoms with van der Waals surface area (Å²) in [6.45, 7) is 7.11. The van der Waals surface area contributed by atoms with E-state index in [4.69, 9.17) is 9.51 Å². The molecule has 5 rings (SSSR count). The number of nitrogens with zero attached hydrogens (tertiary/aromatic N) is 5. The second-order valence-electron chi connectivity index (χ2n) is 8.16. The first-order valence-electron chi connectivity index (χ1n) is 9.83. The average molecular weight is 377 g/mol. The van der Waals surface area contributed by atoms with Gasteiger partial charge in [0.1, 0.15) is 5.82 Å². The van der Waals surface area contributed by atoms with Crippen LogP contribution in [0.4, 0.5) is 0 Å². The lowest BCUT2D eigenvalue weighted by molar-refractivity contribution is 0.0635. The highest BCUT2D eigenvalue weighted by Crippen LogP contribution is 2.44. The highest BCUT2D eigenvalue weighted by atomic mass is 16.5. The number of pyridine rings is 1. The van der Waals surface area contributed by atoms with E-state index in [9.17, 15) is 4.79 Å². The van der Waals surface area contributed by atoms with Gasteiger partial charge in [-0.25, -0.2) is 15.0 Å². The standard InChI is InChI=1S/C21H23N5O2/c1-12-9-16(17-13(2)25-28-19(17)23-12)20(27)26-8-4-6-21(11-26)7-5-15-10-22-14(3)24-18(15)21/h9-10H,4-8,11H2,1-3H3. The topological polar surface area (TPSA) is 85.0 Å². The van der Waals surface area contributed by atoms with Gasteiger partial charge in [-0.05, 0) is 58.1 Å². The Morgan fingerprint density at radius 1 is 1.21 bits per heavy atom. The molecule has 144 valence electrons. The van der Waals surface area contributed by atoms with Crippen LogP contribution in [-0.4, -0.2) is 44.0 Å². The summed E-state index contributed by atoms with van der Waals surface area (Å²) in [7, 11) is 0. The van der Waals surface area contributed by atoms with E-state index in [1.54, 1.807) is 0 Å². The molecular weight excluding hydrogens is 354 g/mol. The Morgan fingerprint density at radius 2 is 2.07 bits per heavy atom. The molecule has 4 heterocycles. The third-order valence-electron chi connectivity index (χ3n) is 6.20. The van der Waals surface area contributed by atoms with Crippen LogP contribution < -0.4 is 0 Å². The summed E-state index contributed by atoms with van der Waals surface area (Å²) in [4.78, 5) is 29.0. The minimum Gasteiger partial charge on any atom is -0.338 e. The Kier molecular flexibility index (Phi) is 3.76. The molecule has 1 fully saturated rings. The van der Waals surface area contributed by atoms with Gasteiger partial charge in [-0.1, -0.05) is 5.16 Å². The van der Waals surface area contributed by atoms with Crippen molar-refractivity contribution in [3.63, 3.8) is 0 Å². The van der Waals surface area contributed by atoms with Crippen LogP contribution in [0.1, 0.15) is 58.1 Å². The number of piperidine rings is 1. The van der Waals surface area contributed by atoms with Crippen LogP contribution in [0.25, 0.3) is 11.1 Å². The molecule has 7 nitrogen and oxygen atoms in total. The zero-order chi connectivity index (χ0) is 19.5. The summed E-state index contributed by atoms with van der Waals surface area (Å²) >= 11 is 0. The molecule has 1 unspecified atom stereocenters. The lowest BCUT2D eigenvalue weighted by atomic mass is 9.77. The van der Waals surface area contributed by atoms with Crippen LogP contribution in [0.15, 0.2) is 16.8 Å². The van der Waals surface area contributed by atoms with Gasteiger partial charge in [-0.15, -0.1) is 0 Å². The maximum atomic E-state index is 13.5. The van der Waals surface area contributed by atoms with Gasteiger partial charge in [0.2, 0.25) is 0 Å². The van der Waals surface area contributed by atoms with Gasteiger partial charge in [0.15, 0.2) is 0 Å². The number of aryl methyl sites for hydroxylation is 4. The maximum Gasteiger partial charge on any atom is 0.258 e. The number of aromatic nitrogens is 4. The molecule has 0 saturated carbocycles. The monoisotopic (exact) mass is 377 g/mol. The molecule has 1 aliphatic carbocycles. The third kappa shape index (κ3) is 2.52. The fourth-order valence-corrected chi connectivity index (χ4v) is 4.89. The largest absolute Gasteiger partial charge is 0.338 e. The summed E-state index contributed by atoms with van der Waals surface area (Å²) < 4.78 is 5.31. The number of hydrogen-bond acceptors (Lipinski definition) is 6. The van der Waals surface area contributed by atoms with Crippen molar-refractivity contribution < 1.29 is 9.32 Å². The van der Waals surface area contributed by atoms with E-state index in [-0.39, 0.29) is 11.3 Å². The average Bonchev–Trinajstić information content (AvgIpc) is 3.22. The molecule has 2 aliphatic rings. The van der Waals surface area contributed by atoms with E-state index in [1.807, 2.05) is 37.9 Å². The molecule has 7 heteroatoms. The molecule has 1 atom stereocenters. The van der Waals surface area contributed by atoms with Crippen molar-refractivity contribution in [1.82, 2.24) is 25.0 Å². The number of rotatable bonds is 1. The van der Waals surface area contributed by atoms with Crippen LogP contribution in [0.3, 0.4) is 0 Å². The van der Waals surface area contributed by atoms with Gasteiger partial charge < -0.3 is 9.42 Å². The number of carbonyl (C=O) groups is 1. The second-order valence-corrected chi connectivity index (χ2v) is 8.16. The highest BCUT2D eigenvalue weighted by molar-refractivity contribution is 6.06. The van der Waals surface area contributed by atoms with Gasteiger partial charge in [-0.3, -0.25) is 4.79 Å². The Labute approximate surface area is 163 Å². The molecule has 0 aromatic carbocycles. The predicted octanol–water partition coefficient (Wildman–Crippen LogP) is 3.06. The van der Waals surface area contributed by atoms with E-state index < -0.39 is 0 Å². The van der Waals surface area contributed by atoms with Crippen molar-refractivity contribution in [2.24, 2.45) is 0 Å². The highest BCUT2D eigenvalue weighted by Gasteiger charge is 2.45. The maximum absolute atomic E-state index is 13.5. The van der Waals surface area contributed by atoms with Crippen LogP contribution >= 0.6 is 0 Å². The number of fused-ring (bicyclic) bond motifs is 3. The van der Waals surface area contributed by atoms with Gasteiger partial charge in [0, 0.05) is 30.4 Å². The summed E-state index contributed by atoms with van der Waals surface area (Å²) in [5.41, 5.74) is 4.85. The Bertz CT molecular complexity index is 1100. The van der Waals surface area contributed by atoms with Gasteiger partial charge in [0.05, 0.1) is 22.3 Å². The first kappa shape index (κ1) is 17.3. The van der Waals surface area contributed by atoms with E-state index >= 15 is 0 Å². The first-order valence-corrected chi connectivity index (χ1v) is 9.83. The summed E-state index contributed by atoms with van der Waals surface area (Å²) in [5, 5.41) is 4.73. The van der Waals surface area contributed by atoms with E-state index in [0.717, 1.165) is 54.8 Å². The minimum atomic E-state index is -0.0537. The number of carbonyl (C=O) groups excluding carboxylic acids is 1. The zero-order valence-corrected chi connectivity index (χ0v) is 16.4. The third-order valence-corrected chi connectivity index (χ3v) is 6.20. The van der Waals surface area contributed by atoms with Crippen LogP contribution in [-0.2, 0) is 11.8 Å². The minimum absolute atomic E-state index is 0.0279. The van der Waals surface area contributed by atoms with E-state index in [1.165, 1.54) is 5.56 Å². The van der Waals surface area contributed by atoms with Gasteiger partial charge >= 0.3 is 0 Å². The predicted molar refractivity (Wildman–Crippen MR) is 103 cm³/mol. The smallest absolute Gasteiger partial charge is 0.258 e. The lowest BCUT2D eigenvalue weighted by Crippen LogP contribution is -2.48. The second kappa shape index (κ2) is 6.09. The van der Waals surface area contributed by atoms with Gasteiger partial charge in [-0.2, -0.15) is 0 Å². The van der Waals surface area contributed by atoms with Gasteiger partial charge in [0.25, 0.3) is 11.6 Å². The first-order chi connectivity index (χ1) is 13.5. The lowest BCUT2D eigenvalue weighted by Gasteiger charge is -2.40. The molecule has 1 saturated heterocycles. The molecule has 3 aromatic heterocycles. The molecule has 0 bridgehead atoms. The molecule has 3 aromatic rings. The summed E-state index contributed by atoms with van der Waals surface area (Å²) in [6.07, 6.45) is 6.02. The summed E-state index contributed by atoms with van der Waals surface area (Å²) in [6, 6.07) is 1.85. The van der Waals surface area contributed by atoms with Crippen LogP contribution in [0, 0.1) is 20.8 Å². The number of hydrogen-bond donors (Lipinski definition) is 0. The van der Waals surface area contributed by atoms with Crippen molar-refractivity contribution >= 4 is 17.0 Å². The van der Waals surface area contributed by atoms with Crippen molar-refractivity contribution in [2.45, 2.75) is 51.9 Å². The van der Waals surface area contributed by atoms with Crippen molar-refractivity contribution in [2.75, 3.05) is 13.1 Å². The van der Waals surface area contributed by atoms with Crippen molar-refractivity contribution in [3.8, 4) is 0 Å². The van der Waals surface area contributed by atoms with E-state index in [0.29, 0.717) is 23.5 Å². The molecule has 0 radical (unpaired) electrons. The van der Waals surface area contributed by atoms with Crippen LogP contribution in [0.5, 0.6) is 0 Å². The molecule has 1 spiro atoms. The summed E-state index contributed by atoms with van der Waals surface area (Å²) in [5.74, 6) is 0.829. The molecular formula is C21H23N5O2. The molecule has 1 aliphatic heterocycles. The Morgan fingerprint density at radius 3 is 2.93 bits per heavy atom. The Hall–Kier alpha value is -2.83. The zero-order valence-electron chi connectivity index (χ0n) is 16.4. The Balaban J connectivity index is 1.53. The fourth-order valence-electron chi connectivity index (χ4n) is 4.89. The molecule has 28 heavy (non-hydrogen) atoms. The van der Waals surface area contributed by atoms with Crippen LogP contribution in [0.2, 0.25) is 0 Å².